The Kier molecular flexibility index (Phi) is 18.3. The van der Waals surface area contributed by atoms with Crippen LogP contribution >= 0.6 is 23.2 Å². The highest BCUT2D eigenvalue weighted by Crippen LogP contribution is 2.37. The Bertz CT molecular complexity index is 3610. The first-order valence-corrected chi connectivity index (χ1v) is 37.3. The Morgan fingerprint density at radius 3 is 1.47 bits per heavy atom. The highest BCUT2D eigenvalue weighted by Gasteiger charge is 2.50. The fourth-order valence-electron chi connectivity index (χ4n) is 9.73. The van der Waals surface area contributed by atoms with Crippen LogP contribution in [0, 0.1) is 0 Å². The van der Waals surface area contributed by atoms with E-state index in [0.29, 0.717) is 84.6 Å². The number of aromatic nitrogens is 6. The summed E-state index contributed by atoms with van der Waals surface area (Å²) >= 11 is 13.3. The van der Waals surface area contributed by atoms with Gasteiger partial charge in [0.05, 0.1) is 63.2 Å². The average Bonchev–Trinajstić information content (AvgIpc) is 3.83. The molecule has 4 saturated heterocycles. The Morgan fingerprint density at radius 1 is 0.627 bits per heavy atom. The van der Waals surface area contributed by atoms with E-state index in [1.54, 1.807) is 81.9 Å². The van der Waals surface area contributed by atoms with Gasteiger partial charge in [-0.05, 0) is 60.6 Å². The van der Waals surface area contributed by atoms with E-state index in [-0.39, 0.29) is 51.5 Å². The zero-order valence-electron chi connectivity index (χ0n) is 47.0. The topological polar surface area (TPSA) is 260 Å². The number of carboxylic acid groups (broad SMARTS) is 1. The molecule has 3 N–H and O–H groups in total. The molecule has 0 radical (unpaired) electrons. The van der Waals surface area contributed by atoms with Crippen LogP contribution in [0.5, 0.6) is 12.0 Å². The normalized spacial score (nSPS) is 22.9. The van der Waals surface area contributed by atoms with E-state index in [0.717, 1.165) is 12.1 Å². The highest BCUT2D eigenvalue weighted by atomic mass is 35.5. The van der Waals surface area contributed by atoms with Crippen molar-refractivity contribution in [3.8, 4) is 34.5 Å². The molecule has 9 atom stereocenters. The lowest BCUT2D eigenvalue weighted by Gasteiger charge is -2.19. The van der Waals surface area contributed by atoms with Crippen LogP contribution in [0.2, 0.25) is 61.4 Å². The third kappa shape index (κ3) is 14.0. The summed E-state index contributed by atoms with van der Waals surface area (Å²) in [6.07, 6.45) is -2.52. The van der Waals surface area contributed by atoms with E-state index >= 15 is 0 Å². The van der Waals surface area contributed by atoms with Gasteiger partial charge in [0.2, 0.25) is 0 Å². The predicted molar refractivity (Wildman–Crippen MR) is 316 cm³/mol. The summed E-state index contributed by atoms with van der Waals surface area (Å²) in [7, 11) is -5.51. The van der Waals surface area contributed by atoms with Crippen molar-refractivity contribution in [2.75, 3.05) is 45.9 Å². The third-order valence-electron chi connectivity index (χ3n) is 14.4. The third-order valence-corrected chi connectivity index (χ3v) is 20.1. The molecule has 21 nitrogen and oxygen atoms in total. The first-order valence-electron chi connectivity index (χ1n) is 27.2. The number of hydrogen-bond acceptors (Lipinski definition) is 17. The second-order valence-electron chi connectivity index (χ2n) is 23.3. The zero-order valence-corrected chi connectivity index (χ0v) is 51.3. The molecule has 4 aliphatic heterocycles. The number of fused-ring (bicyclic) bond motifs is 4. The number of carboxylic acids is 1. The van der Waals surface area contributed by atoms with Gasteiger partial charge in [0.15, 0.2) is 23.5 Å². The number of ether oxygens (including phenoxy) is 8. The van der Waals surface area contributed by atoms with E-state index < -0.39 is 86.6 Å². The van der Waals surface area contributed by atoms with Crippen LogP contribution in [0.15, 0.2) is 100 Å². The maximum Gasteiger partial charge on any atom is 0.335 e. The van der Waals surface area contributed by atoms with Crippen LogP contribution in [0.1, 0.15) is 20.7 Å². The van der Waals surface area contributed by atoms with Gasteiger partial charge in [-0.15, -0.1) is 0 Å². The van der Waals surface area contributed by atoms with Crippen molar-refractivity contribution in [2.24, 2.45) is 4.36 Å². The standard InChI is InChI=1S/C32H37ClN4O7SSi.C25H30ClN3O7Si/c1-45(40,22-8-6-5-7-9-22)36-31(39)21-12-10-20(11-13-21)27-23(33)16-24-30(35-27)37(19-41-14-15-46(2,3)4)32(34-24)44-26-18-43-28-25(38)17-42-29(26)28;1-37(2,3)9-8-33-13-29-23-17(27-25(29)36-19-12-35-21-18(30)11-34-22(19)21)10-16(26)20(28-23)14-4-6-15(7-5-14)24(31)32/h5-13,16,25-26,28-29,38H,14-15,17-19H2,1-4H3;4-7,10,18-19,21-22,30H,8-9,11-13H2,1-3H3,(H,31,32)/t25-,26-,28-,29-,45+;18-,19-,21-,22-/m11/s1. The number of halogens is 2. The Balaban J connectivity index is 0.000000190. The largest absolute Gasteiger partial charge is 0.478 e. The monoisotopic (exact) mass is 1230 g/mol. The van der Waals surface area contributed by atoms with E-state index in [1.165, 1.54) is 18.4 Å². The second-order valence-corrected chi connectivity index (χ2v) is 37.6. The van der Waals surface area contributed by atoms with Crippen LogP contribution in [-0.4, -0.2) is 171 Å². The van der Waals surface area contributed by atoms with E-state index in [1.807, 2.05) is 6.07 Å². The number of rotatable bonds is 19. The van der Waals surface area contributed by atoms with Crippen LogP contribution in [0.25, 0.3) is 44.8 Å². The predicted octanol–water partition coefficient (Wildman–Crippen LogP) is 8.94. The first-order chi connectivity index (χ1) is 39.5. The number of hydrogen-bond donors (Lipinski definition) is 3. The van der Waals surface area contributed by atoms with Gasteiger partial charge in [0, 0.05) is 57.2 Å². The number of benzene rings is 3. The summed E-state index contributed by atoms with van der Waals surface area (Å²) < 4.78 is 68.2. The lowest BCUT2D eigenvalue weighted by atomic mass is 10.1. The molecule has 442 valence electrons. The maximum atomic E-state index is 13.1. The summed E-state index contributed by atoms with van der Waals surface area (Å²) in [6, 6.07) is 27.8. The number of carbonyl (C=O) groups excluding carboxylic acids is 1. The minimum atomic E-state index is -2.91. The van der Waals surface area contributed by atoms with Crippen LogP contribution in [0.3, 0.4) is 0 Å². The second kappa shape index (κ2) is 25.1. The van der Waals surface area contributed by atoms with Crippen molar-refractivity contribution < 1.29 is 67.0 Å². The molecule has 3 aromatic carbocycles. The lowest BCUT2D eigenvalue weighted by molar-refractivity contribution is 0.00332. The molecule has 0 saturated carbocycles. The van der Waals surface area contributed by atoms with Gasteiger partial charge in [0.25, 0.3) is 5.91 Å². The molecule has 4 fully saturated rings. The summed E-state index contributed by atoms with van der Waals surface area (Å²) in [5.74, 6) is -1.59. The minimum absolute atomic E-state index is 0.155. The van der Waals surface area contributed by atoms with E-state index in [2.05, 4.69) is 48.6 Å². The Morgan fingerprint density at radius 2 is 1.05 bits per heavy atom. The summed E-state index contributed by atoms with van der Waals surface area (Å²) in [4.78, 5) is 43.7. The van der Waals surface area contributed by atoms with E-state index in [9.17, 15) is 29.1 Å². The van der Waals surface area contributed by atoms with Gasteiger partial charge in [-0.3, -0.25) is 13.9 Å². The molecule has 0 spiro atoms. The number of carbonyl (C=O) groups is 2. The van der Waals surface area contributed by atoms with Crippen molar-refractivity contribution in [2.45, 2.75) is 119 Å². The number of imidazole rings is 2. The average molecular weight is 1230 g/mol. The van der Waals surface area contributed by atoms with Gasteiger partial charge >= 0.3 is 18.0 Å². The summed E-state index contributed by atoms with van der Waals surface area (Å²) in [5, 5.41) is 30.2. The van der Waals surface area contributed by atoms with Crippen LogP contribution in [-0.2, 0) is 51.6 Å². The minimum Gasteiger partial charge on any atom is -0.478 e. The molecular weight excluding hydrogens is 1170 g/mol. The summed E-state index contributed by atoms with van der Waals surface area (Å²) in [5.41, 5.74) is 4.86. The van der Waals surface area contributed by atoms with Crippen molar-refractivity contribution >= 4 is 83.3 Å². The van der Waals surface area contributed by atoms with Crippen molar-refractivity contribution in [1.82, 2.24) is 29.1 Å². The fraction of sp³-hybridized carbons (Fsp3) is 0.439. The quantitative estimate of drug-likeness (QED) is 0.0504. The molecule has 0 aliphatic carbocycles. The Hall–Kier alpha value is -5.72. The first kappa shape index (κ1) is 60.4. The molecule has 0 bridgehead atoms. The van der Waals surface area contributed by atoms with Gasteiger partial charge in [0.1, 0.15) is 61.1 Å². The molecule has 83 heavy (non-hydrogen) atoms. The molecule has 11 rings (SSSR count). The smallest absolute Gasteiger partial charge is 0.335 e. The Labute approximate surface area is 492 Å². The van der Waals surface area contributed by atoms with Gasteiger partial charge in [-0.2, -0.15) is 14.3 Å². The number of pyridine rings is 2. The van der Waals surface area contributed by atoms with Gasteiger partial charge < -0.3 is 53.2 Å². The number of amides is 1. The lowest BCUT2D eigenvalue weighted by Crippen LogP contribution is -2.35. The SMILES string of the molecule is C[Si](C)(C)CCOCn1c(O[C@@H]2CO[C@H]3[C@@H]2OC[C@H]3O)nc2cc(Cl)c(-c3ccc(C(=O)N=[S@@](C)(=O)c4ccccc4)cc3)nc21.C[Si](C)(C)CCOCn1c(O[C@@H]2CO[C@H]3[C@@H]2OC[C@H]3O)nc2cc(Cl)c(-c3ccc(C(=O)O)cc3)nc21. The maximum absolute atomic E-state index is 13.1. The van der Waals surface area contributed by atoms with E-state index in [4.69, 9.17) is 76.0 Å². The molecule has 7 aromatic rings. The number of nitrogens with zero attached hydrogens (tertiary/aromatic N) is 7. The molecule has 0 unspecified atom stereocenters. The van der Waals surface area contributed by atoms with Crippen molar-refractivity contribution in [1.29, 1.82) is 0 Å². The van der Waals surface area contributed by atoms with Crippen LogP contribution in [0.4, 0.5) is 0 Å². The van der Waals surface area contributed by atoms with Crippen molar-refractivity contribution in [3.05, 3.63) is 112 Å². The molecule has 4 aliphatic rings. The molecule has 1 amide bonds. The molecule has 26 heteroatoms. The molecular formula is C57H67Cl2N7O14SSi2. The number of aliphatic hydroxyl groups excluding tert-OH is 2. The van der Waals surface area contributed by atoms with Gasteiger partial charge in [-0.25, -0.2) is 19.0 Å². The molecule has 4 aromatic heterocycles. The fourth-order valence-corrected chi connectivity index (χ4v) is 12.9. The van der Waals surface area contributed by atoms with Crippen LogP contribution < -0.4 is 9.47 Å². The van der Waals surface area contributed by atoms with Gasteiger partial charge in [-0.1, -0.05) is 105 Å². The zero-order chi connectivity index (χ0) is 59.0. The van der Waals surface area contributed by atoms with Crippen molar-refractivity contribution in [3.63, 3.8) is 0 Å². The molecule has 8 heterocycles. The highest BCUT2D eigenvalue weighted by molar-refractivity contribution is 7.93. The number of aromatic carboxylic acids is 1. The number of aliphatic hydroxyl groups is 2. The summed E-state index contributed by atoms with van der Waals surface area (Å²) in [6.45, 7) is 16.1.